The average Bonchev–Trinajstić information content (AvgIpc) is 3.52. The highest BCUT2D eigenvalue weighted by Crippen LogP contribution is 2.35. The monoisotopic (exact) mass is 572 g/mol. The van der Waals surface area contributed by atoms with Gasteiger partial charge in [0.05, 0.1) is 16.9 Å². The molecular formula is C30H27F3N8O. The molecule has 2 amide bonds. The van der Waals surface area contributed by atoms with Gasteiger partial charge in [-0.05, 0) is 40.6 Å². The summed E-state index contributed by atoms with van der Waals surface area (Å²) in [6.07, 6.45) is -3.80. The fourth-order valence-corrected chi connectivity index (χ4v) is 4.55. The lowest BCUT2D eigenvalue weighted by Crippen LogP contribution is -2.25. The number of urea groups is 1. The zero-order valence-electron chi connectivity index (χ0n) is 22.6. The Bertz CT molecular complexity index is 1640. The number of nitrogens with zero attached hydrogens (tertiary/aromatic N) is 5. The molecule has 0 saturated carbocycles. The Morgan fingerprint density at radius 3 is 2.33 bits per heavy atom. The number of hydrogen-bond donors (Lipinski definition) is 3. The summed E-state index contributed by atoms with van der Waals surface area (Å²) in [5.41, 5.74) is 2.02. The number of carbonyl (C=O) groups is 1. The van der Waals surface area contributed by atoms with Crippen molar-refractivity contribution in [2.75, 3.05) is 22.1 Å². The van der Waals surface area contributed by atoms with Crippen LogP contribution in [0.3, 0.4) is 0 Å². The number of aromatic nitrogens is 5. The molecule has 214 valence electrons. The maximum absolute atomic E-state index is 13.5. The van der Waals surface area contributed by atoms with E-state index in [0.29, 0.717) is 47.2 Å². The highest BCUT2D eigenvalue weighted by atomic mass is 19.4. The van der Waals surface area contributed by atoms with E-state index in [1.54, 1.807) is 12.1 Å². The first-order valence-electron chi connectivity index (χ1n) is 13.2. The first kappa shape index (κ1) is 28.3. The summed E-state index contributed by atoms with van der Waals surface area (Å²) in [7, 11) is 0. The third-order valence-corrected chi connectivity index (χ3v) is 6.39. The number of benzene rings is 3. The van der Waals surface area contributed by atoms with Gasteiger partial charge < -0.3 is 15.5 Å². The SMILES string of the molecule is CCCN(Cc1ccccc1)c1cc(NC(=O)Nc2ccccc2C(F)(F)F)cc(-c2ccccc2-c2nnn[nH]2)n1. The van der Waals surface area contributed by atoms with Gasteiger partial charge in [-0.15, -0.1) is 5.10 Å². The summed E-state index contributed by atoms with van der Waals surface area (Å²) < 4.78 is 40.5. The number of para-hydroxylation sites is 1. The van der Waals surface area contributed by atoms with Gasteiger partial charge in [-0.2, -0.15) is 13.2 Å². The van der Waals surface area contributed by atoms with Gasteiger partial charge in [0.25, 0.3) is 0 Å². The van der Waals surface area contributed by atoms with Crippen LogP contribution in [-0.4, -0.2) is 38.2 Å². The minimum atomic E-state index is -4.63. The molecule has 5 aromatic rings. The minimum Gasteiger partial charge on any atom is -0.352 e. The largest absolute Gasteiger partial charge is 0.418 e. The van der Waals surface area contributed by atoms with Crippen molar-refractivity contribution in [3.63, 3.8) is 0 Å². The van der Waals surface area contributed by atoms with Gasteiger partial charge in [-0.1, -0.05) is 73.7 Å². The van der Waals surface area contributed by atoms with Gasteiger partial charge >= 0.3 is 12.2 Å². The number of amides is 2. The van der Waals surface area contributed by atoms with Crippen molar-refractivity contribution < 1.29 is 18.0 Å². The normalized spacial score (nSPS) is 11.2. The van der Waals surface area contributed by atoms with Gasteiger partial charge in [0.2, 0.25) is 0 Å². The summed E-state index contributed by atoms with van der Waals surface area (Å²) in [4.78, 5) is 20.0. The number of hydrogen-bond acceptors (Lipinski definition) is 6. The van der Waals surface area contributed by atoms with E-state index in [4.69, 9.17) is 4.98 Å². The molecule has 42 heavy (non-hydrogen) atoms. The Morgan fingerprint density at radius 2 is 1.62 bits per heavy atom. The molecule has 12 heteroatoms. The van der Waals surface area contributed by atoms with E-state index in [-0.39, 0.29) is 5.69 Å². The number of nitrogens with one attached hydrogen (secondary N) is 3. The predicted octanol–water partition coefficient (Wildman–Crippen LogP) is 7.01. The number of pyridine rings is 1. The number of carbonyl (C=O) groups excluding carboxylic acids is 1. The molecule has 0 saturated heterocycles. The molecule has 0 spiro atoms. The fourth-order valence-electron chi connectivity index (χ4n) is 4.55. The van der Waals surface area contributed by atoms with Crippen LogP contribution in [0.15, 0.2) is 91.0 Å². The number of tetrazole rings is 1. The Kier molecular flexibility index (Phi) is 8.42. The van der Waals surface area contributed by atoms with Crippen molar-refractivity contribution in [2.24, 2.45) is 0 Å². The number of anilines is 3. The number of halogens is 3. The molecule has 0 fully saturated rings. The second kappa shape index (κ2) is 12.5. The molecule has 3 aromatic carbocycles. The van der Waals surface area contributed by atoms with Crippen LogP contribution in [0.4, 0.5) is 35.2 Å². The third-order valence-electron chi connectivity index (χ3n) is 6.39. The number of H-pyrrole nitrogens is 1. The molecular weight excluding hydrogens is 545 g/mol. The Balaban J connectivity index is 1.54. The topological polar surface area (TPSA) is 112 Å². The van der Waals surface area contributed by atoms with Crippen molar-refractivity contribution in [1.82, 2.24) is 25.6 Å². The summed E-state index contributed by atoms with van der Waals surface area (Å²) in [6, 6.07) is 24.6. The molecule has 0 aliphatic carbocycles. The lowest BCUT2D eigenvalue weighted by Gasteiger charge is -2.25. The summed E-state index contributed by atoms with van der Waals surface area (Å²) in [6.45, 7) is 3.28. The van der Waals surface area contributed by atoms with Crippen LogP contribution in [0.2, 0.25) is 0 Å². The first-order chi connectivity index (χ1) is 20.3. The lowest BCUT2D eigenvalue weighted by atomic mass is 10.0. The maximum Gasteiger partial charge on any atom is 0.418 e. The van der Waals surface area contributed by atoms with Crippen molar-refractivity contribution in [2.45, 2.75) is 26.1 Å². The number of aromatic amines is 1. The van der Waals surface area contributed by atoms with Crippen LogP contribution in [0, 0.1) is 0 Å². The molecule has 9 nitrogen and oxygen atoms in total. The van der Waals surface area contributed by atoms with Crippen molar-refractivity contribution in [3.8, 4) is 22.6 Å². The molecule has 3 N–H and O–H groups in total. The van der Waals surface area contributed by atoms with Crippen LogP contribution in [-0.2, 0) is 12.7 Å². The quantitative estimate of drug-likeness (QED) is 0.175. The molecule has 0 bridgehead atoms. The highest BCUT2D eigenvalue weighted by molar-refractivity contribution is 6.01. The van der Waals surface area contributed by atoms with E-state index in [0.717, 1.165) is 18.1 Å². The Labute approximate surface area is 239 Å². The second-order valence-electron chi connectivity index (χ2n) is 9.42. The second-order valence-corrected chi connectivity index (χ2v) is 9.42. The van der Waals surface area contributed by atoms with E-state index >= 15 is 0 Å². The minimum absolute atomic E-state index is 0.344. The zero-order valence-corrected chi connectivity index (χ0v) is 22.6. The highest BCUT2D eigenvalue weighted by Gasteiger charge is 2.33. The predicted molar refractivity (Wildman–Crippen MR) is 155 cm³/mol. The van der Waals surface area contributed by atoms with Crippen molar-refractivity contribution in [1.29, 1.82) is 0 Å². The molecule has 2 heterocycles. The van der Waals surface area contributed by atoms with Gasteiger partial charge in [0, 0.05) is 36.0 Å². The summed E-state index contributed by atoms with van der Waals surface area (Å²) in [5.74, 6) is 1.01. The van der Waals surface area contributed by atoms with Crippen LogP contribution in [0.1, 0.15) is 24.5 Å². The van der Waals surface area contributed by atoms with Crippen LogP contribution >= 0.6 is 0 Å². The molecule has 0 aliphatic heterocycles. The smallest absolute Gasteiger partial charge is 0.352 e. The molecule has 5 rings (SSSR count). The van der Waals surface area contributed by atoms with E-state index < -0.39 is 17.8 Å². The van der Waals surface area contributed by atoms with Gasteiger partial charge in [0.1, 0.15) is 5.82 Å². The standard InChI is InChI=1S/C30H27F3N8O/c1-2-16-41(19-20-10-4-3-5-11-20)27-18-21(34-29(42)36-25-15-9-8-14-24(25)30(31,32)33)17-26(35-27)22-12-6-7-13-23(22)28-37-39-40-38-28/h3-15,17-18H,2,16,19H2,1H3,(H2,34,35,36,42)(H,37,38,39,40). The number of alkyl halides is 3. The van der Waals surface area contributed by atoms with Crippen molar-refractivity contribution in [3.05, 3.63) is 102 Å². The van der Waals surface area contributed by atoms with E-state index in [1.807, 2.05) is 54.6 Å². The van der Waals surface area contributed by atoms with Crippen LogP contribution in [0.5, 0.6) is 0 Å². The Hall–Kier alpha value is -5.26. The summed E-state index contributed by atoms with van der Waals surface area (Å²) >= 11 is 0. The summed E-state index contributed by atoms with van der Waals surface area (Å²) in [5, 5.41) is 19.2. The molecule has 0 radical (unpaired) electrons. The van der Waals surface area contributed by atoms with E-state index in [1.165, 1.54) is 18.2 Å². The van der Waals surface area contributed by atoms with Gasteiger partial charge in [-0.3, -0.25) is 0 Å². The van der Waals surface area contributed by atoms with Crippen LogP contribution < -0.4 is 15.5 Å². The molecule has 0 unspecified atom stereocenters. The molecule has 2 aromatic heterocycles. The Morgan fingerprint density at radius 1 is 0.905 bits per heavy atom. The average molecular weight is 573 g/mol. The van der Waals surface area contributed by atoms with E-state index in [9.17, 15) is 18.0 Å². The van der Waals surface area contributed by atoms with Crippen LogP contribution in [0.25, 0.3) is 22.6 Å². The van der Waals surface area contributed by atoms with Crippen molar-refractivity contribution >= 4 is 23.2 Å². The third kappa shape index (κ3) is 6.72. The first-order valence-corrected chi connectivity index (χ1v) is 13.2. The lowest BCUT2D eigenvalue weighted by molar-refractivity contribution is -0.136. The fraction of sp³-hybridized carbons (Fsp3) is 0.167. The zero-order chi connectivity index (χ0) is 29.5. The van der Waals surface area contributed by atoms with Gasteiger partial charge in [-0.25, -0.2) is 14.9 Å². The molecule has 0 aliphatic rings. The van der Waals surface area contributed by atoms with E-state index in [2.05, 4.69) is 43.1 Å². The molecule has 0 atom stereocenters. The van der Waals surface area contributed by atoms with Gasteiger partial charge in [0.15, 0.2) is 5.82 Å². The number of rotatable bonds is 9. The maximum atomic E-state index is 13.5.